The minimum absolute atomic E-state index is 0.0163. The molecule has 1 aliphatic rings. The number of piperazine rings is 1. The van der Waals surface area contributed by atoms with Crippen molar-refractivity contribution in [3.63, 3.8) is 0 Å². The average molecular weight is 317 g/mol. The number of likely N-dealkylation sites (N-methyl/N-ethyl adjacent to an activating group) is 1. The number of carbonyl (C=O) groups is 1. The van der Waals surface area contributed by atoms with Gasteiger partial charge < -0.3 is 19.8 Å². The number of urea groups is 1. The Balaban J connectivity index is 1.54. The van der Waals surface area contributed by atoms with Gasteiger partial charge in [-0.2, -0.15) is 0 Å². The van der Waals surface area contributed by atoms with Gasteiger partial charge in [-0.25, -0.2) is 14.8 Å². The molecule has 23 heavy (non-hydrogen) atoms. The fourth-order valence-corrected chi connectivity index (χ4v) is 2.93. The van der Waals surface area contributed by atoms with Crippen LogP contribution in [0.25, 0.3) is 0 Å². The molecule has 0 unspecified atom stereocenters. The van der Waals surface area contributed by atoms with Crippen LogP contribution in [0.15, 0.2) is 31.1 Å². The molecule has 0 aliphatic carbocycles. The average Bonchev–Trinajstić information content (AvgIpc) is 3.27. The molecule has 2 aromatic rings. The summed E-state index contributed by atoms with van der Waals surface area (Å²) in [6, 6.07) is 0.112. The molecule has 0 spiro atoms. The summed E-state index contributed by atoms with van der Waals surface area (Å²) in [6.07, 6.45) is 8.96. The number of imidazole rings is 2. The molecular formula is C15H23N7O. The first-order valence-electron chi connectivity index (χ1n) is 7.99. The third-order valence-corrected chi connectivity index (χ3v) is 4.23. The van der Waals surface area contributed by atoms with Crippen molar-refractivity contribution in [2.75, 3.05) is 32.7 Å². The van der Waals surface area contributed by atoms with Crippen LogP contribution in [0, 0.1) is 0 Å². The van der Waals surface area contributed by atoms with Crippen LogP contribution in [0.4, 0.5) is 4.79 Å². The van der Waals surface area contributed by atoms with Gasteiger partial charge in [0.1, 0.15) is 5.82 Å². The second-order valence-electron chi connectivity index (χ2n) is 5.60. The standard InChI is InChI=1S/C15H23N7O/c1-2-21-9-10-22(11-13(21)14-17-3-4-18-14)15(23)19-6-8-20-7-5-16-12-20/h3-5,7,12-13H,2,6,8-11H2,1H3,(H,17,18)(H,19,23)/t13-/m1/s1. The number of amides is 2. The molecule has 2 amide bonds. The Hall–Kier alpha value is -2.35. The first-order chi connectivity index (χ1) is 11.3. The highest BCUT2D eigenvalue weighted by Gasteiger charge is 2.30. The van der Waals surface area contributed by atoms with E-state index >= 15 is 0 Å². The number of aromatic amines is 1. The molecule has 2 N–H and O–H groups in total. The molecule has 1 saturated heterocycles. The Morgan fingerprint density at radius 3 is 3.04 bits per heavy atom. The Kier molecular flexibility index (Phi) is 4.92. The fraction of sp³-hybridized carbons (Fsp3) is 0.533. The number of H-pyrrole nitrogens is 1. The summed E-state index contributed by atoms with van der Waals surface area (Å²) in [4.78, 5) is 28.1. The van der Waals surface area contributed by atoms with E-state index in [-0.39, 0.29) is 12.1 Å². The Morgan fingerprint density at radius 2 is 2.35 bits per heavy atom. The molecule has 3 rings (SSSR count). The zero-order valence-corrected chi connectivity index (χ0v) is 13.4. The lowest BCUT2D eigenvalue weighted by Crippen LogP contribution is -2.53. The van der Waals surface area contributed by atoms with Crippen molar-refractivity contribution in [3.05, 3.63) is 36.9 Å². The Bertz CT molecular complexity index is 595. The normalized spacial score (nSPS) is 19.0. The number of rotatable bonds is 5. The summed E-state index contributed by atoms with van der Waals surface area (Å²) < 4.78 is 1.95. The van der Waals surface area contributed by atoms with Gasteiger partial charge in [-0.1, -0.05) is 6.92 Å². The molecule has 1 atom stereocenters. The predicted molar refractivity (Wildman–Crippen MR) is 85.8 cm³/mol. The third-order valence-electron chi connectivity index (χ3n) is 4.23. The molecule has 1 fully saturated rings. The van der Waals surface area contributed by atoms with E-state index in [0.717, 1.165) is 32.0 Å². The van der Waals surface area contributed by atoms with Gasteiger partial charge in [-0.05, 0) is 6.54 Å². The summed E-state index contributed by atoms with van der Waals surface area (Å²) in [7, 11) is 0. The van der Waals surface area contributed by atoms with Crippen molar-refractivity contribution in [2.24, 2.45) is 0 Å². The lowest BCUT2D eigenvalue weighted by atomic mass is 10.1. The van der Waals surface area contributed by atoms with E-state index in [1.165, 1.54) is 0 Å². The van der Waals surface area contributed by atoms with Gasteiger partial charge in [0.25, 0.3) is 0 Å². The van der Waals surface area contributed by atoms with Crippen LogP contribution in [-0.2, 0) is 6.54 Å². The maximum atomic E-state index is 12.4. The summed E-state index contributed by atoms with van der Waals surface area (Å²) in [5, 5.41) is 2.98. The molecule has 8 heteroatoms. The Morgan fingerprint density at radius 1 is 1.43 bits per heavy atom. The quantitative estimate of drug-likeness (QED) is 0.850. The molecule has 1 aliphatic heterocycles. The van der Waals surface area contributed by atoms with Crippen molar-refractivity contribution in [3.8, 4) is 0 Å². The smallest absolute Gasteiger partial charge is 0.317 e. The number of hydrogen-bond donors (Lipinski definition) is 2. The van der Waals surface area contributed by atoms with E-state index < -0.39 is 0 Å². The zero-order chi connectivity index (χ0) is 16.1. The van der Waals surface area contributed by atoms with E-state index in [1.807, 2.05) is 21.9 Å². The van der Waals surface area contributed by atoms with Crippen LogP contribution in [0.1, 0.15) is 18.8 Å². The topological polar surface area (TPSA) is 82.1 Å². The second-order valence-corrected chi connectivity index (χ2v) is 5.60. The van der Waals surface area contributed by atoms with Crippen molar-refractivity contribution >= 4 is 6.03 Å². The van der Waals surface area contributed by atoms with E-state index in [2.05, 4.69) is 32.1 Å². The molecule has 124 valence electrons. The lowest BCUT2D eigenvalue weighted by Gasteiger charge is -2.39. The summed E-state index contributed by atoms with van der Waals surface area (Å²) in [5.41, 5.74) is 0. The summed E-state index contributed by atoms with van der Waals surface area (Å²) in [6.45, 7) is 6.64. The van der Waals surface area contributed by atoms with Gasteiger partial charge >= 0.3 is 6.03 Å². The molecule has 0 bridgehead atoms. The van der Waals surface area contributed by atoms with Crippen LogP contribution < -0.4 is 5.32 Å². The summed E-state index contributed by atoms with van der Waals surface area (Å²) in [5.74, 6) is 0.919. The van der Waals surface area contributed by atoms with Gasteiger partial charge in [0.15, 0.2) is 0 Å². The van der Waals surface area contributed by atoms with Gasteiger partial charge in [0.05, 0.1) is 12.4 Å². The molecule has 8 nitrogen and oxygen atoms in total. The van der Waals surface area contributed by atoms with Gasteiger partial charge in [-0.3, -0.25) is 4.90 Å². The highest BCUT2D eigenvalue weighted by atomic mass is 16.2. The molecular weight excluding hydrogens is 294 g/mol. The van der Waals surface area contributed by atoms with Crippen LogP contribution in [0.2, 0.25) is 0 Å². The molecule has 2 aromatic heterocycles. The molecule has 0 saturated carbocycles. The van der Waals surface area contributed by atoms with Gasteiger partial charge in [0, 0.05) is 57.5 Å². The number of carbonyl (C=O) groups excluding carboxylic acids is 1. The fourth-order valence-electron chi connectivity index (χ4n) is 2.93. The minimum atomic E-state index is -0.0163. The monoisotopic (exact) mass is 317 g/mol. The van der Waals surface area contributed by atoms with E-state index in [9.17, 15) is 4.79 Å². The highest BCUT2D eigenvalue weighted by Crippen LogP contribution is 2.22. The highest BCUT2D eigenvalue weighted by molar-refractivity contribution is 5.74. The third kappa shape index (κ3) is 3.70. The largest absolute Gasteiger partial charge is 0.347 e. The summed E-state index contributed by atoms with van der Waals surface area (Å²) >= 11 is 0. The van der Waals surface area contributed by atoms with E-state index in [4.69, 9.17) is 0 Å². The number of aromatic nitrogens is 4. The van der Waals surface area contributed by atoms with E-state index in [1.54, 1.807) is 18.7 Å². The van der Waals surface area contributed by atoms with Crippen LogP contribution in [0.5, 0.6) is 0 Å². The van der Waals surface area contributed by atoms with Gasteiger partial charge in [-0.15, -0.1) is 0 Å². The van der Waals surface area contributed by atoms with Crippen molar-refractivity contribution in [2.45, 2.75) is 19.5 Å². The van der Waals surface area contributed by atoms with E-state index in [0.29, 0.717) is 13.1 Å². The van der Waals surface area contributed by atoms with Crippen molar-refractivity contribution < 1.29 is 4.79 Å². The molecule has 3 heterocycles. The minimum Gasteiger partial charge on any atom is -0.347 e. The predicted octanol–water partition coefficient (Wildman–Crippen LogP) is 0.695. The SMILES string of the molecule is CCN1CCN(C(=O)NCCn2ccnc2)C[C@@H]1c1ncc[nH]1. The Labute approximate surface area is 135 Å². The van der Waals surface area contributed by atoms with Crippen LogP contribution in [-0.4, -0.2) is 68.1 Å². The number of nitrogens with zero attached hydrogens (tertiary/aromatic N) is 5. The number of nitrogens with one attached hydrogen (secondary N) is 2. The second kappa shape index (κ2) is 7.28. The maximum Gasteiger partial charge on any atom is 0.317 e. The molecule has 0 aromatic carbocycles. The first kappa shape index (κ1) is 15.5. The zero-order valence-electron chi connectivity index (χ0n) is 13.4. The number of hydrogen-bond acceptors (Lipinski definition) is 4. The maximum absolute atomic E-state index is 12.4. The van der Waals surface area contributed by atoms with Crippen LogP contribution in [0.3, 0.4) is 0 Å². The molecule has 0 radical (unpaired) electrons. The first-order valence-corrected chi connectivity index (χ1v) is 7.99. The van der Waals surface area contributed by atoms with Crippen molar-refractivity contribution in [1.29, 1.82) is 0 Å². The van der Waals surface area contributed by atoms with Crippen molar-refractivity contribution in [1.82, 2.24) is 34.6 Å². The van der Waals surface area contributed by atoms with Gasteiger partial charge in [0.2, 0.25) is 0 Å². The lowest BCUT2D eigenvalue weighted by molar-refractivity contribution is 0.0897. The van der Waals surface area contributed by atoms with Crippen LogP contribution >= 0.6 is 0 Å².